The van der Waals surface area contributed by atoms with Crippen molar-refractivity contribution in [3.05, 3.63) is 41.3 Å². The van der Waals surface area contributed by atoms with Gasteiger partial charge in [-0.15, -0.1) is 23.1 Å². The fourth-order valence-electron chi connectivity index (χ4n) is 1.29. The fourth-order valence-corrected chi connectivity index (χ4v) is 2.85. The van der Waals surface area contributed by atoms with E-state index in [1.54, 1.807) is 6.07 Å². The standard InChI is InChI=1S/C12H10O3S2/c1-16-12-9(7-10(17-12)11(13)14)15-8-5-3-2-4-6-8/h2-7H,1H3,(H,13,14). The van der Waals surface area contributed by atoms with Gasteiger partial charge >= 0.3 is 5.97 Å². The molecule has 0 radical (unpaired) electrons. The molecule has 0 bridgehead atoms. The van der Waals surface area contributed by atoms with Crippen LogP contribution in [0.1, 0.15) is 9.67 Å². The van der Waals surface area contributed by atoms with Crippen LogP contribution in [0.2, 0.25) is 0 Å². The van der Waals surface area contributed by atoms with Crippen LogP contribution in [-0.2, 0) is 0 Å². The lowest BCUT2D eigenvalue weighted by Gasteiger charge is -2.04. The highest BCUT2D eigenvalue weighted by Gasteiger charge is 2.14. The van der Waals surface area contributed by atoms with Crippen LogP contribution in [0.25, 0.3) is 0 Å². The lowest BCUT2D eigenvalue weighted by molar-refractivity contribution is 0.0702. The van der Waals surface area contributed by atoms with Gasteiger partial charge in [0, 0.05) is 6.07 Å². The van der Waals surface area contributed by atoms with Gasteiger partial charge in [0.25, 0.3) is 0 Å². The summed E-state index contributed by atoms with van der Waals surface area (Å²) in [4.78, 5) is 11.2. The van der Waals surface area contributed by atoms with Gasteiger partial charge in [-0.05, 0) is 18.4 Å². The highest BCUT2D eigenvalue weighted by molar-refractivity contribution is 8.00. The summed E-state index contributed by atoms with van der Waals surface area (Å²) in [5, 5.41) is 8.93. The minimum Gasteiger partial charge on any atom is -0.477 e. The van der Waals surface area contributed by atoms with Crippen molar-refractivity contribution in [2.24, 2.45) is 0 Å². The Morgan fingerprint density at radius 1 is 1.35 bits per heavy atom. The second-order valence-electron chi connectivity index (χ2n) is 3.19. The van der Waals surface area contributed by atoms with Crippen LogP contribution in [0.5, 0.6) is 11.5 Å². The van der Waals surface area contributed by atoms with Crippen LogP contribution >= 0.6 is 23.1 Å². The summed E-state index contributed by atoms with van der Waals surface area (Å²) >= 11 is 2.71. The van der Waals surface area contributed by atoms with Crippen molar-refractivity contribution in [3.8, 4) is 11.5 Å². The minimum absolute atomic E-state index is 0.292. The van der Waals surface area contributed by atoms with Crippen molar-refractivity contribution in [2.45, 2.75) is 4.21 Å². The second-order valence-corrected chi connectivity index (χ2v) is 5.31. The quantitative estimate of drug-likeness (QED) is 0.851. The summed E-state index contributed by atoms with van der Waals surface area (Å²) in [6.07, 6.45) is 1.90. The molecule has 0 saturated carbocycles. The van der Waals surface area contributed by atoms with Crippen molar-refractivity contribution in [2.75, 3.05) is 6.26 Å². The number of hydrogen-bond acceptors (Lipinski definition) is 4. The summed E-state index contributed by atoms with van der Waals surface area (Å²) in [6, 6.07) is 10.9. The first-order valence-electron chi connectivity index (χ1n) is 4.84. The van der Waals surface area contributed by atoms with Crippen LogP contribution in [0.3, 0.4) is 0 Å². The van der Waals surface area contributed by atoms with Gasteiger partial charge in [-0.3, -0.25) is 0 Å². The molecule has 0 atom stereocenters. The average Bonchev–Trinajstić information content (AvgIpc) is 2.74. The molecule has 1 aromatic carbocycles. The van der Waals surface area contributed by atoms with E-state index in [4.69, 9.17) is 9.84 Å². The molecule has 0 unspecified atom stereocenters. The zero-order valence-electron chi connectivity index (χ0n) is 9.04. The Kier molecular flexibility index (Phi) is 3.71. The van der Waals surface area contributed by atoms with Gasteiger partial charge in [0.15, 0.2) is 5.75 Å². The van der Waals surface area contributed by atoms with Crippen LogP contribution in [-0.4, -0.2) is 17.3 Å². The van der Waals surface area contributed by atoms with E-state index in [2.05, 4.69) is 0 Å². The molecule has 0 amide bonds. The smallest absolute Gasteiger partial charge is 0.346 e. The molecule has 1 heterocycles. The van der Waals surface area contributed by atoms with Gasteiger partial charge in [-0.25, -0.2) is 4.79 Å². The Morgan fingerprint density at radius 3 is 2.65 bits per heavy atom. The summed E-state index contributed by atoms with van der Waals surface area (Å²) in [5.74, 6) is 0.386. The maximum atomic E-state index is 10.9. The molecule has 1 aromatic heterocycles. The van der Waals surface area contributed by atoms with Gasteiger partial charge in [-0.1, -0.05) is 18.2 Å². The zero-order chi connectivity index (χ0) is 12.3. The Morgan fingerprint density at radius 2 is 2.06 bits per heavy atom. The van der Waals surface area contributed by atoms with E-state index in [0.717, 1.165) is 4.21 Å². The van der Waals surface area contributed by atoms with Gasteiger partial charge < -0.3 is 9.84 Å². The Bertz CT molecular complexity index is 520. The zero-order valence-corrected chi connectivity index (χ0v) is 10.7. The van der Waals surface area contributed by atoms with Crippen LogP contribution in [0.15, 0.2) is 40.6 Å². The van der Waals surface area contributed by atoms with Crippen molar-refractivity contribution in [3.63, 3.8) is 0 Å². The predicted octanol–water partition coefficient (Wildman–Crippen LogP) is 3.96. The second kappa shape index (κ2) is 5.25. The summed E-state index contributed by atoms with van der Waals surface area (Å²) in [7, 11) is 0. The topological polar surface area (TPSA) is 46.5 Å². The molecule has 0 aliphatic carbocycles. The van der Waals surface area contributed by atoms with E-state index in [0.29, 0.717) is 16.4 Å². The lowest BCUT2D eigenvalue weighted by Crippen LogP contribution is -1.90. The summed E-state index contributed by atoms with van der Waals surface area (Å²) in [6.45, 7) is 0. The molecule has 2 rings (SSSR count). The van der Waals surface area contributed by atoms with Crippen molar-refractivity contribution >= 4 is 29.1 Å². The van der Waals surface area contributed by atoms with Crippen molar-refractivity contribution in [1.29, 1.82) is 0 Å². The average molecular weight is 266 g/mol. The number of rotatable bonds is 4. The number of thiophene rings is 1. The van der Waals surface area contributed by atoms with Crippen LogP contribution < -0.4 is 4.74 Å². The Labute approximate surface area is 107 Å². The molecule has 3 nitrogen and oxygen atoms in total. The third-order valence-corrected chi connectivity index (χ3v) is 4.25. The van der Waals surface area contributed by atoms with Gasteiger partial charge in [-0.2, -0.15) is 0 Å². The first kappa shape index (κ1) is 12.0. The Balaban J connectivity index is 2.29. The first-order valence-corrected chi connectivity index (χ1v) is 6.89. The highest BCUT2D eigenvalue weighted by Crippen LogP contribution is 2.39. The highest BCUT2D eigenvalue weighted by atomic mass is 32.2. The number of ether oxygens (including phenoxy) is 1. The number of carboxylic acid groups (broad SMARTS) is 1. The predicted molar refractivity (Wildman–Crippen MR) is 69.6 cm³/mol. The third kappa shape index (κ3) is 2.81. The number of hydrogen-bond donors (Lipinski definition) is 1. The number of carboxylic acids is 1. The fraction of sp³-hybridized carbons (Fsp3) is 0.0833. The molecule has 88 valence electrons. The Hall–Kier alpha value is -1.46. The number of aromatic carboxylic acids is 1. The summed E-state index contributed by atoms with van der Waals surface area (Å²) < 4.78 is 6.52. The molecule has 1 N–H and O–H groups in total. The van der Waals surface area contributed by atoms with E-state index in [9.17, 15) is 4.79 Å². The monoisotopic (exact) mass is 266 g/mol. The largest absolute Gasteiger partial charge is 0.477 e. The van der Waals surface area contributed by atoms with E-state index < -0.39 is 5.97 Å². The third-order valence-electron chi connectivity index (χ3n) is 2.03. The molecule has 0 aliphatic rings. The molecule has 5 heteroatoms. The number of benzene rings is 1. The van der Waals surface area contributed by atoms with E-state index in [1.807, 2.05) is 36.6 Å². The molecule has 0 aliphatic heterocycles. The maximum absolute atomic E-state index is 10.9. The number of thioether (sulfide) groups is 1. The number of carbonyl (C=O) groups is 1. The molecule has 17 heavy (non-hydrogen) atoms. The normalized spacial score (nSPS) is 10.2. The maximum Gasteiger partial charge on any atom is 0.346 e. The van der Waals surface area contributed by atoms with Crippen molar-refractivity contribution in [1.82, 2.24) is 0 Å². The lowest BCUT2D eigenvalue weighted by atomic mass is 10.3. The molecule has 0 saturated heterocycles. The van der Waals surface area contributed by atoms with E-state index >= 15 is 0 Å². The molecular formula is C12H10O3S2. The van der Waals surface area contributed by atoms with E-state index in [1.165, 1.54) is 23.1 Å². The SMILES string of the molecule is CSc1sc(C(=O)O)cc1Oc1ccccc1. The van der Waals surface area contributed by atoms with Crippen LogP contribution in [0.4, 0.5) is 0 Å². The van der Waals surface area contributed by atoms with Gasteiger partial charge in [0.05, 0.1) is 0 Å². The molecular weight excluding hydrogens is 256 g/mol. The number of para-hydroxylation sites is 1. The minimum atomic E-state index is -0.923. The van der Waals surface area contributed by atoms with Gasteiger partial charge in [0.1, 0.15) is 14.8 Å². The summed E-state index contributed by atoms with van der Waals surface area (Å²) in [5.41, 5.74) is 0. The molecule has 0 spiro atoms. The first-order chi connectivity index (χ1) is 8.20. The molecule has 2 aromatic rings. The van der Waals surface area contributed by atoms with Crippen molar-refractivity contribution < 1.29 is 14.6 Å². The van der Waals surface area contributed by atoms with E-state index in [-0.39, 0.29) is 0 Å². The van der Waals surface area contributed by atoms with Gasteiger partial charge in [0.2, 0.25) is 0 Å². The van der Waals surface area contributed by atoms with Crippen LogP contribution in [0, 0.1) is 0 Å². The molecule has 0 fully saturated rings.